The number of carbonyl (C=O) groups excluding carboxylic acids is 1. The molecule has 0 unspecified atom stereocenters. The molecule has 0 amide bonds. The zero-order valence-electron chi connectivity index (χ0n) is 16.2. The Hall–Kier alpha value is -2.90. The molecule has 0 saturated heterocycles. The van der Waals surface area contributed by atoms with Gasteiger partial charge in [-0.1, -0.05) is 48.5 Å². The number of thiocarbonyl (C=S) groups is 1. The predicted octanol–water partition coefficient (Wildman–Crippen LogP) is 4.62. The molecule has 1 aromatic heterocycles. The van der Waals surface area contributed by atoms with E-state index in [0.29, 0.717) is 22.2 Å². The lowest BCUT2D eigenvalue weighted by molar-refractivity contribution is 0.0602. The fourth-order valence-electron chi connectivity index (χ4n) is 2.85. The summed E-state index contributed by atoms with van der Waals surface area (Å²) < 4.78 is 10.3. The molecule has 0 aliphatic heterocycles. The summed E-state index contributed by atoms with van der Waals surface area (Å²) in [5.41, 5.74) is 2.64. The Labute approximate surface area is 179 Å². The fraction of sp³-hybridized carbons (Fsp3) is 0.182. The minimum absolute atomic E-state index is 0.393. The maximum atomic E-state index is 12.2. The number of esters is 1. The molecule has 0 bridgehead atoms. The molecule has 0 fully saturated rings. The molecule has 5 nitrogen and oxygen atoms in total. The highest BCUT2D eigenvalue weighted by molar-refractivity contribution is 7.80. The molecule has 0 radical (unpaired) electrons. The number of nitrogens with one attached hydrogen (secondary N) is 2. The number of anilines is 1. The lowest BCUT2D eigenvalue weighted by atomic mass is 10.1. The molecule has 0 aliphatic rings. The first-order valence-electron chi connectivity index (χ1n) is 9.02. The van der Waals surface area contributed by atoms with E-state index < -0.39 is 5.97 Å². The number of rotatable bonds is 7. The number of hydrogen-bond donors (Lipinski definition) is 2. The normalized spacial score (nSPS) is 10.3. The van der Waals surface area contributed by atoms with Crippen LogP contribution in [-0.4, -0.2) is 25.3 Å². The number of methoxy groups -OCH3 is 2. The zero-order valence-corrected chi connectivity index (χ0v) is 17.9. The van der Waals surface area contributed by atoms with Crippen LogP contribution < -0.4 is 15.4 Å². The average molecular weight is 427 g/mol. The Balaban J connectivity index is 1.71. The van der Waals surface area contributed by atoms with Gasteiger partial charge in [0.25, 0.3) is 0 Å². The molecule has 2 N–H and O–H groups in total. The predicted molar refractivity (Wildman–Crippen MR) is 121 cm³/mol. The molecular formula is C22H22N2O3S2. The molecule has 1 heterocycles. The van der Waals surface area contributed by atoms with Crippen molar-refractivity contribution in [1.82, 2.24) is 5.32 Å². The first kappa shape index (κ1) is 20.8. The monoisotopic (exact) mass is 426 g/mol. The van der Waals surface area contributed by atoms with Crippen molar-refractivity contribution in [2.45, 2.75) is 13.0 Å². The highest BCUT2D eigenvalue weighted by Crippen LogP contribution is 2.30. The number of ether oxygens (including phenoxy) is 2. The van der Waals surface area contributed by atoms with Gasteiger partial charge in [0.05, 0.1) is 19.8 Å². The second kappa shape index (κ2) is 10.0. The van der Waals surface area contributed by atoms with Crippen LogP contribution in [0.15, 0.2) is 60.7 Å². The van der Waals surface area contributed by atoms with Crippen molar-refractivity contribution in [1.29, 1.82) is 0 Å². The van der Waals surface area contributed by atoms with Crippen molar-refractivity contribution < 1.29 is 14.3 Å². The van der Waals surface area contributed by atoms with Crippen LogP contribution in [0.25, 0.3) is 0 Å². The Morgan fingerprint density at radius 3 is 2.52 bits per heavy atom. The summed E-state index contributed by atoms with van der Waals surface area (Å²) >= 11 is 6.92. The van der Waals surface area contributed by atoms with E-state index in [0.717, 1.165) is 22.6 Å². The SMILES string of the molecule is COC(=O)c1cc(Cc2ccccc2)sc1NC(=S)NCc1ccccc1OC. The number of hydrogen-bond acceptors (Lipinski definition) is 5. The fourth-order valence-corrected chi connectivity index (χ4v) is 4.17. The molecule has 0 saturated carbocycles. The molecule has 7 heteroatoms. The largest absolute Gasteiger partial charge is 0.496 e. The summed E-state index contributed by atoms with van der Waals surface area (Å²) in [7, 11) is 3.01. The standard InChI is InChI=1S/C22H22N2O3S2/c1-26-19-11-7-6-10-16(19)14-23-22(28)24-20-18(21(25)27-2)13-17(29-20)12-15-8-4-3-5-9-15/h3-11,13H,12,14H2,1-2H3,(H2,23,24,28). The van der Waals surface area contributed by atoms with E-state index in [2.05, 4.69) is 22.8 Å². The van der Waals surface area contributed by atoms with Crippen LogP contribution in [0.2, 0.25) is 0 Å². The Morgan fingerprint density at radius 2 is 1.79 bits per heavy atom. The summed E-state index contributed by atoms with van der Waals surface area (Å²) in [5, 5.41) is 7.39. The van der Waals surface area contributed by atoms with Gasteiger partial charge in [-0.3, -0.25) is 0 Å². The number of carbonyl (C=O) groups is 1. The van der Waals surface area contributed by atoms with Gasteiger partial charge in [0, 0.05) is 23.4 Å². The zero-order chi connectivity index (χ0) is 20.6. The lowest BCUT2D eigenvalue weighted by Gasteiger charge is -2.12. The summed E-state index contributed by atoms with van der Waals surface area (Å²) in [6.07, 6.45) is 0.735. The van der Waals surface area contributed by atoms with E-state index >= 15 is 0 Å². The average Bonchev–Trinajstić information content (AvgIpc) is 3.14. The first-order chi connectivity index (χ1) is 14.1. The molecule has 0 aliphatic carbocycles. The molecule has 0 atom stereocenters. The summed E-state index contributed by atoms with van der Waals surface area (Å²) in [4.78, 5) is 13.3. The van der Waals surface area contributed by atoms with Crippen LogP contribution in [0.3, 0.4) is 0 Å². The van der Waals surface area contributed by atoms with Crippen LogP contribution in [0.4, 0.5) is 5.00 Å². The summed E-state index contributed by atoms with van der Waals surface area (Å²) in [5.74, 6) is 0.398. The van der Waals surface area contributed by atoms with Gasteiger partial charge in [0.1, 0.15) is 10.8 Å². The lowest BCUT2D eigenvalue weighted by Crippen LogP contribution is -2.28. The van der Waals surface area contributed by atoms with Gasteiger partial charge in [-0.2, -0.15) is 0 Å². The molecule has 150 valence electrons. The van der Waals surface area contributed by atoms with E-state index in [1.807, 2.05) is 48.5 Å². The van der Waals surface area contributed by atoms with Crippen molar-refractivity contribution in [3.05, 3.63) is 82.2 Å². The topological polar surface area (TPSA) is 59.6 Å². The van der Waals surface area contributed by atoms with Crippen LogP contribution >= 0.6 is 23.6 Å². The maximum Gasteiger partial charge on any atom is 0.340 e. The van der Waals surface area contributed by atoms with Gasteiger partial charge >= 0.3 is 5.97 Å². The first-order valence-corrected chi connectivity index (χ1v) is 10.2. The van der Waals surface area contributed by atoms with Crippen LogP contribution in [0, 0.1) is 0 Å². The van der Waals surface area contributed by atoms with Crippen molar-refractivity contribution in [3.63, 3.8) is 0 Å². The maximum absolute atomic E-state index is 12.2. The minimum atomic E-state index is -0.393. The van der Waals surface area contributed by atoms with Gasteiger partial charge in [-0.15, -0.1) is 11.3 Å². The Kier molecular flexibility index (Phi) is 7.21. The minimum Gasteiger partial charge on any atom is -0.496 e. The van der Waals surface area contributed by atoms with Crippen molar-refractivity contribution in [3.8, 4) is 5.75 Å². The number of para-hydroxylation sites is 1. The number of thiophene rings is 1. The summed E-state index contributed by atoms with van der Waals surface area (Å²) in [6.45, 7) is 0.506. The smallest absolute Gasteiger partial charge is 0.340 e. The molecular weight excluding hydrogens is 404 g/mol. The van der Waals surface area contributed by atoms with Crippen LogP contribution in [0.5, 0.6) is 5.75 Å². The van der Waals surface area contributed by atoms with Crippen molar-refractivity contribution in [2.75, 3.05) is 19.5 Å². The quantitative estimate of drug-likeness (QED) is 0.425. The van der Waals surface area contributed by atoms with Gasteiger partial charge in [0.2, 0.25) is 0 Å². The highest BCUT2D eigenvalue weighted by Gasteiger charge is 2.18. The number of benzene rings is 2. The van der Waals surface area contributed by atoms with E-state index in [4.69, 9.17) is 21.7 Å². The Morgan fingerprint density at radius 1 is 1.07 bits per heavy atom. The third-order valence-electron chi connectivity index (χ3n) is 4.27. The van der Waals surface area contributed by atoms with E-state index in [-0.39, 0.29) is 0 Å². The van der Waals surface area contributed by atoms with Gasteiger partial charge in [-0.05, 0) is 29.9 Å². The van der Waals surface area contributed by atoms with Crippen molar-refractivity contribution >= 4 is 39.6 Å². The van der Waals surface area contributed by atoms with Gasteiger partial charge in [-0.25, -0.2) is 4.79 Å². The van der Waals surface area contributed by atoms with Gasteiger partial charge in [0.15, 0.2) is 5.11 Å². The second-order valence-corrected chi connectivity index (χ2v) is 7.77. The van der Waals surface area contributed by atoms with Crippen LogP contribution in [-0.2, 0) is 17.7 Å². The van der Waals surface area contributed by atoms with E-state index in [1.165, 1.54) is 24.0 Å². The third-order valence-corrected chi connectivity index (χ3v) is 5.57. The van der Waals surface area contributed by atoms with Crippen LogP contribution in [0.1, 0.15) is 26.4 Å². The molecule has 0 spiro atoms. The summed E-state index contributed by atoms with van der Waals surface area (Å²) in [6, 6.07) is 19.7. The van der Waals surface area contributed by atoms with E-state index in [9.17, 15) is 4.79 Å². The highest BCUT2D eigenvalue weighted by atomic mass is 32.1. The third kappa shape index (κ3) is 5.56. The van der Waals surface area contributed by atoms with Crippen molar-refractivity contribution in [2.24, 2.45) is 0 Å². The molecule has 3 aromatic rings. The molecule has 29 heavy (non-hydrogen) atoms. The Bertz CT molecular complexity index is 987. The van der Waals surface area contributed by atoms with E-state index in [1.54, 1.807) is 7.11 Å². The van der Waals surface area contributed by atoms with Gasteiger partial charge < -0.3 is 20.1 Å². The molecule has 3 rings (SSSR count). The second-order valence-electron chi connectivity index (χ2n) is 6.23. The molecule has 2 aromatic carbocycles.